The first kappa shape index (κ1) is 10.0. The molecule has 0 spiro atoms. The van der Waals surface area contributed by atoms with Crippen molar-refractivity contribution in [3.63, 3.8) is 0 Å². The zero-order chi connectivity index (χ0) is 17.2. The van der Waals surface area contributed by atoms with Gasteiger partial charge in [-0.15, -0.1) is 5.10 Å². The van der Waals surface area contributed by atoms with E-state index in [9.17, 15) is 0 Å². The number of rotatable bonds is 2. The van der Waals surface area contributed by atoms with Crippen molar-refractivity contribution < 1.29 is 8.85 Å². The Morgan fingerprint density at radius 1 is 1.14 bits per heavy atom. The number of methoxy groups -OCH3 is 1. The smallest absolute Gasteiger partial charge is 0.215 e. The quantitative estimate of drug-likeness (QED) is 0.794. The lowest BCUT2D eigenvalue weighted by molar-refractivity contribution is 0.0662. The molecular weight excluding hydrogens is 274 g/mol. The fourth-order valence-corrected chi connectivity index (χ4v) is 5.28. The summed E-state index contributed by atoms with van der Waals surface area (Å²) in [5, 5.41) is 8.44. The first-order valence-corrected chi connectivity index (χ1v) is 8.22. The van der Waals surface area contributed by atoms with Gasteiger partial charge in [-0.2, -0.15) is 4.68 Å². The highest BCUT2D eigenvalue weighted by atomic mass is 16.5. The molecule has 4 bridgehead atoms. The number of nitrogens with zero attached hydrogens (tertiary/aromatic N) is 3. The number of aromatic nitrogens is 3. The van der Waals surface area contributed by atoms with Crippen LogP contribution in [0.25, 0.3) is 16.9 Å². The molecule has 1 aromatic carbocycles. The lowest BCUT2D eigenvalue weighted by Gasteiger charge is -2.51. The Kier molecular flexibility index (Phi) is 2.09. The maximum absolute atomic E-state index is 7.66. The fraction of sp³-hybridized carbons (Fsp3) is 0.556. The third-order valence-corrected chi connectivity index (χ3v) is 5.91. The third kappa shape index (κ3) is 1.70. The van der Waals surface area contributed by atoms with Crippen molar-refractivity contribution in [1.29, 1.82) is 0 Å². The lowest BCUT2D eigenvalue weighted by atomic mass is 9.54. The molecule has 4 saturated carbocycles. The van der Waals surface area contributed by atoms with Crippen LogP contribution in [0.2, 0.25) is 0 Å². The molecule has 4 aliphatic carbocycles. The predicted molar refractivity (Wildman–Crippen MR) is 84.8 cm³/mol. The first-order chi connectivity index (χ1) is 12.0. The molecule has 22 heavy (non-hydrogen) atoms. The third-order valence-electron chi connectivity index (χ3n) is 5.91. The Balaban J connectivity index is 1.68. The number of benzene rings is 1. The van der Waals surface area contributed by atoms with E-state index >= 15 is 0 Å². The second kappa shape index (κ2) is 4.58. The van der Waals surface area contributed by atoms with Gasteiger partial charge in [-0.25, -0.2) is 0 Å². The molecule has 4 nitrogen and oxygen atoms in total. The van der Waals surface area contributed by atoms with E-state index < -0.39 is 7.04 Å². The number of hydrogen-bond donors (Lipinski definition) is 0. The van der Waals surface area contributed by atoms with E-state index in [4.69, 9.17) is 8.85 Å². The van der Waals surface area contributed by atoms with Gasteiger partial charge in [0.2, 0.25) is 5.88 Å². The molecule has 0 unspecified atom stereocenters. The van der Waals surface area contributed by atoms with Gasteiger partial charge in [0.25, 0.3) is 0 Å². The average Bonchev–Trinajstić information content (AvgIpc) is 2.95. The van der Waals surface area contributed by atoms with Gasteiger partial charge >= 0.3 is 0 Å². The Hall–Kier alpha value is -1.84. The van der Waals surface area contributed by atoms with Crippen molar-refractivity contribution >= 4 is 16.9 Å². The number of para-hydroxylation sites is 1. The van der Waals surface area contributed by atoms with Gasteiger partial charge in [0.1, 0.15) is 5.52 Å². The maximum Gasteiger partial charge on any atom is 0.215 e. The van der Waals surface area contributed by atoms with Crippen LogP contribution in [0.4, 0.5) is 0 Å². The predicted octanol–water partition coefficient (Wildman–Crippen LogP) is 3.70. The molecule has 4 aliphatic rings. The van der Waals surface area contributed by atoms with Gasteiger partial charge in [-0.05, 0) is 73.5 Å². The van der Waals surface area contributed by atoms with Gasteiger partial charge < -0.3 is 4.74 Å². The molecule has 4 heteroatoms. The highest BCUT2D eigenvalue weighted by molar-refractivity contribution is 5.77. The van der Waals surface area contributed by atoms with Gasteiger partial charge in [0.05, 0.1) is 16.7 Å². The first-order valence-electron chi connectivity index (χ1n) is 9.72. The summed E-state index contributed by atoms with van der Waals surface area (Å²) < 4.78 is 30.2. The second-order valence-electron chi connectivity index (χ2n) is 7.16. The second-order valence-corrected chi connectivity index (χ2v) is 7.16. The summed E-state index contributed by atoms with van der Waals surface area (Å²) in [7, 11) is -2.50. The van der Waals surface area contributed by atoms with Crippen LogP contribution in [-0.2, 0) is 4.74 Å². The molecule has 1 aromatic heterocycles. The topological polar surface area (TPSA) is 39.9 Å². The van der Waals surface area contributed by atoms with Crippen LogP contribution in [-0.4, -0.2) is 22.0 Å². The minimum absolute atomic E-state index is 0.405. The largest absolute Gasteiger partial charge is 0.481 e. The normalized spacial score (nSPS) is 35.3. The molecule has 0 N–H and O–H groups in total. The van der Waals surface area contributed by atoms with Crippen molar-refractivity contribution in [3.8, 4) is 0 Å². The van der Waals surface area contributed by atoms with E-state index in [0.717, 1.165) is 48.6 Å². The van der Waals surface area contributed by atoms with Gasteiger partial charge in [-0.1, -0.05) is 17.3 Å². The highest BCUT2D eigenvalue weighted by Gasteiger charge is 2.47. The summed E-state index contributed by atoms with van der Waals surface area (Å²) in [6, 6.07) is 7.61. The van der Waals surface area contributed by atoms with Crippen LogP contribution in [0.1, 0.15) is 36.2 Å². The molecule has 0 amide bonds. The van der Waals surface area contributed by atoms with E-state index in [1.807, 2.05) is 24.3 Å². The monoisotopic (exact) mass is 298 g/mol. The zero-order valence-electron chi connectivity index (χ0n) is 15.4. The van der Waals surface area contributed by atoms with Crippen LogP contribution >= 0.6 is 0 Å². The summed E-state index contributed by atoms with van der Waals surface area (Å²) in [6.45, 7) is 0. The van der Waals surface area contributed by atoms with Crippen LogP contribution in [0.5, 0.6) is 0 Å². The van der Waals surface area contributed by atoms with E-state index in [-0.39, 0.29) is 0 Å². The minimum Gasteiger partial charge on any atom is -0.481 e. The summed E-state index contributed by atoms with van der Waals surface area (Å²) in [6.07, 6.45) is 5.97. The molecule has 0 saturated heterocycles. The Labute approximate surface area is 134 Å². The number of allylic oxidation sites excluding steroid dienone is 1. The van der Waals surface area contributed by atoms with E-state index in [1.165, 1.54) is 12.0 Å². The van der Waals surface area contributed by atoms with Gasteiger partial charge in [-0.3, -0.25) is 0 Å². The summed E-state index contributed by atoms with van der Waals surface area (Å²) in [5.41, 5.74) is 2.71. The number of hydrogen-bond acceptors (Lipinski definition) is 3. The minimum atomic E-state index is -2.50. The summed E-state index contributed by atoms with van der Waals surface area (Å²) >= 11 is 0. The molecule has 1 heterocycles. The van der Waals surface area contributed by atoms with Crippen LogP contribution in [0.3, 0.4) is 0 Å². The van der Waals surface area contributed by atoms with E-state index in [2.05, 4.69) is 10.3 Å². The number of fused-ring (bicyclic) bond motifs is 1. The van der Waals surface area contributed by atoms with E-state index in [1.54, 1.807) is 4.68 Å². The fourth-order valence-electron chi connectivity index (χ4n) is 5.28. The Morgan fingerprint density at radius 3 is 2.59 bits per heavy atom. The van der Waals surface area contributed by atoms with Crippen LogP contribution < -0.4 is 0 Å². The molecule has 0 atom stereocenters. The Morgan fingerprint density at radius 2 is 1.86 bits per heavy atom. The summed E-state index contributed by atoms with van der Waals surface area (Å²) in [4.78, 5) is 0. The van der Waals surface area contributed by atoms with Gasteiger partial charge in [0.15, 0.2) is 0 Å². The van der Waals surface area contributed by atoms with Crippen molar-refractivity contribution in [1.82, 2.24) is 15.0 Å². The zero-order valence-corrected chi connectivity index (χ0v) is 12.4. The van der Waals surface area contributed by atoms with Crippen LogP contribution in [0, 0.1) is 23.7 Å². The van der Waals surface area contributed by atoms with Crippen molar-refractivity contribution in [2.24, 2.45) is 23.7 Å². The molecule has 4 fully saturated rings. The van der Waals surface area contributed by atoms with Gasteiger partial charge in [0, 0.05) is 0 Å². The molecule has 114 valence electrons. The molecular formula is C18H21N3O. The number of ether oxygens (including phenoxy) is 1. The maximum atomic E-state index is 7.66. The average molecular weight is 298 g/mol. The molecule has 6 rings (SSSR count). The summed E-state index contributed by atoms with van der Waals surface area (Å²) in [5.74, 6) is 2.86. The highest BCUT2D eigenvalue weighted by Crippen LogP contribution is 2.57. The Bertz CT molecular complexity index is 825. The standard InChI is InChI=1S/C18H21N3O/c1-22-18(21-16-5-3-2-4-15(16)19-20-21)17-13-7-11-6-12(9-13)10-14(17)8-11/h2-5,11-14H,6-10H2,1H3/i1D3. The molecule has 2 aromatic rings. The van der Waals surface area contributed by atoms with Crippen molar-refractivity contribution in [2.45, 2.75) is 32.1 Å². The molecule has 0 aliphatic heterocycles. The van der Waals surface area contributed by atoms with E-state index in [0.29, 0.717) is 17.7 Å². The van der Waals surface area contributed by atoms with Crippen molar-refractivity contribution in [3.05, 3.63) is 29.8 Å². The molecule has 0 radical (unpaired) electrons. The lowest BCUT2D eigenvalue weighted by Crippen LogP contribution is -2.41. The SMILES string of the molecule is [2H]C([2H])([2H])OC(=C1C2CC3CC(C2)CC1C3)n1nnc2ccccc21. The van der Waals surface area contributed by atoms with Crippen molar-refractivity contribution in [2.75, 3.05) is 7.04 Å². The van der Waals surface area contributed by atoms with Crippen LogP contribution in [0.15, 0.2) is 29.8 Å².